The molecule has 0 bridgehead atoms. The summed E-state index contributed by atoms with van der Waals surface area (Å²) >= 11 is 0. The first kappa shape index (κ1) is 26.5. The number of imidazole rings is 1. The fourth-order valence-corrected chi connectivity index (χ4v) is 4.81. The summed E-state index contributed by atoms with van der Waals surface area (Å²) in [6.07, 6.45) is 4.35. The summed E-state index contributed by atoms with van der Waals surface area (Å²) in [7, 11) is 0. The molecule has 5 rings (SSSR count). The maximum Gasteiger partial charge on any atom is 0.145 e. The highest BCUT2D eigenvalue weighted by Crippen LogP contribution is 2.36. The van der Waals surface area contributed by atoms with Crippen LogP contribution in [0.15, 0.2) is 66.9 Å². The third-order valence-electron chi connectivity index (χ3n) is 5.99. The van der Waals surface area contributed by atoms with Crippen molar-refractivity contribution in [2.24, 2.45) is 5.41 Å². The van der Waals surface area contributed by atoms with E-state index in [9.17, 15) is 0 Å². The number of hydrogen-bond acceptors (Lipinski definition) is 1. The van der Waals surface area contributed by atoms with Gasteiger partial charge in [-0.3, -0.25) is 4.40 Å². The van der Waals surface area contributed by atoms with Gasteiger partial charge < -0.3 is 0 Å². The van der Waals surface area contributed by atoms with Crippen molar-refractivity contribution in [1.29, 1.82) is 0 Å². The van der Waals surface area contributed by atoms with Crippen molar-refractivity contribution < 1.29 is 0 Å². The lowest BCUT2D eigenvalue weighted by molar-refractivity contribution is 0.411. The van der Waals surface area contributed by atoms with Gasteiger partial charge in [-0.05, 0) is 59.9 Å². The normalized spacial score (nSPS) is 11.2. The Labute approximate surface area is 212 Å². The molecule has 0 unspecified atom stereocenters. The molecule has 0 fully saturated rings. The van der Waals surface area contributed by atoms with Gasteiger partial charge in [0.15, 0.2) is 0 Å². The van der Waals surface area contributed by atoms with Crippen molar-refractivity contribution in [3.63, 3.8) is 0 Å². The number of aryl methyl sites for hydroxylation is 2. The SMILES string of the molecule is CC.CCC.Cc1cccc(C)c1-c1cnc2c3ccccc3c3cc(CC(C)(C)C)ccc3n12. The molecule has 5 aromatic rings. The molecule has 0 amide bonds. The molecule has 35 heavy (non-hydrogen) atoms. The minimum Gasteiger partial charge on any atom is -0.292 e. The second-order valence-corrected chi connectivity index (χ2v) is 10.4. The fourth-order valence-electron chi connectivity index (χ4n) is 4.81. The van der Waals surface area contributed by atoms with Gasteiger partial charge in [0, 0.05) is 16.3 Å². The van der Waals surface area contributed by atoms with E-state index in [4.69, 9.17) is 4.98 Å². The molecule has 2 heterocycles. The van der Waals surface area contributed by atoms with E-state index >= 15 is 0 Å². The number of pyridine rings is 1. The lowest BCUT2D eigenvalue weighted by Crippen LogP contribution is -2.09. The van der Waals surface area contributed by atoms with Crippen LogP contribution in [0, 0.1) is 19.3 Å². The summed E-state index contributed by atoms with van der Waals surface area (Å²) < 4.78 is 2.36. The molecule has 0 atom stereocenters. The van der Waals surface area contributed by atoms with E-state index in [1.54, 1.807) is 0 Å². The zero-order valence-electron chi connectivity index (χ0n) is 23.2. The van der Waals surface area contributed by atoms with Gasteiger partial charge in [0.25, 0.3) is 0 Å². The van der Waals surface area contributed by atoms with Crippen molar-refractivity contribution in [3.05, 3.63) is 83.6 Å². The van der Waals surface area contributed by atoms with Gasteiger partial charge in [-0.25, -0.2) is 4.98 Å². The Morgan fingerprint density at radius 3 is 1.97 bits per heavy atom. The van der Waals surface area contributed by atoms with Crippen LogP contribution >= 0.6 is 0 Å². The zero-order chi connectivity index (χ0) is 25.8. The largest absolute Gasteiger partial charge is 0.292 e. The quantitative estimate of drug-likeness (QED) is 0.237. The molecule has 0 aliphatic heterocycles. The van der Waals surface area contributed by atoms with Crippen molar-refractivity contribution in [3.8, 4) is 11.3 Å². The predicted octanol–water partition coefficient (Wildman–Crippen LogP) is 9.96. The fraction of sp³-hybridized carbons (Fsp3) is 0.364. The molecule has 3 aromatic carbocycles. The number of hydrogen-bond donors (Lipinski definition) is 0. The molecule has 0 aliphatic rings. The van der Waals surface area contributed by atoms with Gasteiger partial charge in [-0.2, -0.15) is 0 Å². The first-order chi connectivity index (χ1) is 16.7. The van der Waals surface area contributed by atoms with E-state index in [0.717, 1.165) is 12.1 Å². The molecule has 2 aromatic heterocycles. The molecule has 0 saturated carbocycles. The van der Waals surface area contributed by atoms with Crippen molar-refractivity contribution >= 4 is 27.3 Å². The summed E-state index contributed by atoms with van der Waals surface area (Å²) in [5, 5.41) is 3.77. The standard InChI is InChI=1S/C28H28N2.C3H8.C2H6/c1-18-9-8-10-19(2)26(18)25-17-29-27-22-12-7-6-11-21(22)23-15-20(16-28(3,4)5)13-14-24(23)30(25)27;1-3-2;1-2/h6-15,17H,16H2,1-5H3;3H2,1-2H3;1-2H3. The third-order valence-corrected chi connectivity index (χ3v) is 5.99. The Bertz CT molecular complexity index is 1410. The zero-order valence-corrected chi connectivity index (χ0v) is 23.2. The topological polar surface area (TPSA) is 17.3 Å². The van der Waals surface area contributed by atoms with Gasteiger partial charge in [0.1, 0.15) is 5.65 Å². The molecule has 0 N–H and O–H groups in total. The minimum absolute atomic E-state index is 0.256. The predicted molar refractivity (Wildman–Crippen MR) is 156 cm³/mol. The van der Waals surface area contributed by atoms with E-state index in [-0.39, 0.29) is 5.41 Å². The Morgan fingerprint density at radius 2 is 1.37 bits per heavy atom. The number of fused-ring (bicyclic) bond motifs is 6. The lowest BCUT2D eigenvalue weighted by Gasteiger charge is -2.19. The Balaban J connectivity index is 0.000000638. The molecule has 0 spiro atoms. The van der Waals surface area contributed by atoms with E-state index in [0.29, 0.717) is 0 Å². The van der Waals surface area contributed by atoms with Crippen molar-refractivity contribution in [2.75, 3.05) is 0 Å². The average molecular weight is 467 g/mol. The first-order valence-electron chi connectivity index (χ1n) is 13.1. The Hall–Kier alpha value is -3.13. The van der Waals surface area contributed by atoms with Gasteiger partial charge in [-0.1, -0.05) is 103 Å². The summed E-state index contributed by atoms with van der Waals surface area (Å²) in [5.41, 5.74) is 8.89. The Kier molecular flexibility index (Phi) is 8.38. The number of benzene rings is 3. The molecule has 0 saturated heterocycles. The summed E-state index contributed by atoms with van der Waals surface area (Å²) in [6.45, 7) is 19.5. The maximum absolute atomic E-state index is 4.90. The number of nitrogens with zero attached hydrogens (tertiary/aromatic N) is 2. The molecule has 0 aliphatic carbocycles. The summed E-state index contributed by atoms with van der Waals surface area (Å²) in [5.74, 6) is 0. The first-order valence-corrected chi connectivity index (χ1v) is 13.1. The third kappa shape index (κ3) is 5.42. The minimum atomic E-state index is 0.256. The monoisotopic (exact) mass is 466 g/mol. The highest BCUT2D eigenvalue weighted by atomic mass is 15.0. The van der Waals surface area contributed by atoms with E-state index in [1.807, 2.05) is 20.0 Å². The van der Waals surface area contributed by atoms with E-state index in [1.165, 1.54) is 56.0 Å². The van der Waals surface area contributed by atoms with Crippen LogP contribution in [0.5, 0.6) is 0 Å². The smallest absolute Gasteiger partial charge is 0.145 e. The van der Waals surface area contributed by atoms with Crippen LogP contribution in [0.1, 0.15) is 71.6 Å². The summed E-state index contributed by atoms with van der Waals surface area (Å²) in [6, 6.07) is 22.1. The second-order valence-electron chi connectivity index (χ2n) is 10.4. The molecule has 0 radical (unpaired) electrons. The van der Waals surface area contributed by atoms with Crippen LogP contribution in [0.4, 0.5) is 0 Å². The second kappa shape index (κ2) is 11.1. The van der Waals surface area contributed by atoms with Crippen LogP contribution in [0.3, 0.4) is 0 Å². The van der Waals surface area contributed by atoms with Crippen LogP contribution in [0.2, 0.25) is 0 Å². The average Bonchev–Trinajstić information content (AvgIpc) is 3.25. The van der Waals surface area contributed by atoms with Gasteiger partial charge in [-0.15, -0.1) is 0 Å². The molecule has 2 nitrogen and oxygen atoms in total. The van der Waals surface area contributed by atoms with Crippen LogP contribution in [0.25, 0.3) is 38.6 Å². The van der Waals surface area contributed by atoms with Crippen molar-refractivity contribution in [1.82, 2.24) is 9.38 Å². The highest BCUT2D eigenvalue weighted by Gasteiger charge is 2.18. The van der Waals surface area contributed by atoms with Crippen LogP contribution in [-0.2, 0) is 6.42 Å². The van der Waals surface area contributed by atoms with Gasteiger partial charge in [0.05, 0.1) is 17.4 Å². The molecule has 184 valence electrons. The molecule has 2 heteroatoms. The van der Waals surface area contributed by atoms with Gasteiger partial charge >= 0.3 is 0 Å². The number of aromatic nitrogens is 2. The van der Waals surface area contributed by atoms with E-state index in [2.05, 4.69) is 114 Å². The summed E-state index contributed by atoms with van der Waals surface area (Å²) in [4.78, 5) is 4.90. The van der Waals surface area contributed by atoms with Crippen LogP contribution in [-0.4, -0.2) is 9.38 Å². The van der Waals surface area contributed by atoms with E-state index < -0.39 is 0 Å². The highest BCUT2D eigenvalue weighted by molar-refractivity contribution is 6.12. The number of rotatable bonds is 2. The Morgan fingerprint density at radius 1 is 0.771 bits per heavy atom. The lowest BCUT2D eigenvalue weighted by atomic mass is 9.87. The van der Waals surface area contributed by atoms with Crippen molar-refractivity contribution in [2.45, 2.75) is 75.2 Å². The molecular weight excluding hydrogens is 424 g/mol. The maximum atomic E-state index is 4.90. The molecular formula is C33H42N2. The van der Waals surface area contributed by atoms with Crippen LogP contribution < -0.4 is 0 Å². The van der Waals surface area contributed by atoms with Gasteiger partial charge in [0.2, 0.25) is 0 Å².